The molecule has 5 nitrogen and oxygen atoms in total. The number of fused-ring (bicyclic) bond motifs is 1. The first-order valence-corrected chi connectivity index (χ1v) is 10.4. The van der Waals surface area contributed by atoms with E-state index in [0.29, 0.717) is 32.5 Å². The number of benzene rings is 2. The van der Waals surface area contributed by atoms with Gasteiger partial charge in [0.2, 0.25) is 5.91 Å². The van der Waals surface area contributed by atoms with E-state index in [1.54, 1.807) is 0 Å². The molecular formula is C23H31N3O2. The number of nitrogens with one attached hydrogen (secondary N) is 1. The van der Waals surface area contributed by atoms with Crippen molar-refractivity contribution in [2.24, 2.45) is 11.7 Å². The van der Waals surface area contributed by atoms with E-state index in [2.05, 4.69) is 12.2 Å². The zero-order valence-corrected chi connectivity index (χ0v) is 16.7. The second-order valence-electron chi connectivity index (χ2n) is 7.68. The predicted octanol–water partition coefficient (Wildman–Crippen LogP) is 3.33. The van der Waals surface area contributed by atoms with Gasteiger partial charge >= 0.3 is 0 Å². The summed E-state index contributed by atoms with van der Waals surface area (Å²) in [5, 5.41) is 5.16. The zero-order chi connectivity index (χ0) is 19.9. The Balaban J connectivity index is 1.59. The summed E-state index contributed by atoms with van der Waals surface area (Å²) in [4.78, 5) is 27.5. The van der Waals surface area contributed by atoms with Gasteiger partial charge in [0.1, 0.15) is 0 Å². The lowest BCUT2D eigenvalue weighted by atomic mass is 9.94. The van der Waals surface area contributed by atoms with Crippen molar-refractivity contribution in [3.63, 3.8) is 0 Å². The molecule has 0 aliphatic carbocycles. The minimum absolute atomic E-state index is 0.0350. The van der Waals surface area contributed by atoms with E-state index < -0.39 is 0 Å². The fourth-order valence-electron chi connectivity index (χ4n) is 3.95. The third-order valence-corrected chi connectivity index (χ3v) is 5.71. The number of unbranched alkanes of at least 4 members (excludes halogenated alkanes) is 1. The molecule has 2 amide bonds. The fourth-order valence-corrected chi connectivity index (χ4v) is 3.95. The minimum atomic E-state index is -0.0350. The summed E-state index contributed by atoms with van der Waals surface area (Å²) in [7, 11) is 0. The van der Waals surface area contributed by atoms with E-state index in [-0.39, 0.29) is 23.8 Å². The van der Waals surface area contributed by atoms with E-state index in [9.17, 15) is 9.59 Å². The Labute approximate surface area is 167 Å². The molecule has 0 bridgehead atoms. The van der Waals surface area contributed by atoms with Crippen LogP contribution in [0.1, 0.15) is 49.4 Å². The Hall–Kier alpha value is -2.40. The Morgan fingerprint density at radius 2 is 1.86 bits per heavy atom. The average molecular weight is 382 g/mol. The molecule has 5 heteroatoms. The monoisotopic (exact) mass is 381 g/mol. The summed E-state index contributed by atoms with van der Waals surface area (Å²) in [6.07, 6.45) is 4.50. The number of amides is 2. The van der Waals surface area contributed by atoms with Crippen LogP contribution in [-0.2, 0) is 4.79 Å². The zero-order valence-electron chi connectivity index (χ0n) is 16.7. The van der Waals surface area contributed by atoms with Crippen molar-refractivity contribution >= 4 is 22.6 Å². The SMILES string of the molecule is CCCCC(CN)NC(=O)C1CCN(C(=O)c2cccc3ccccc23)CC1. The van der Waals surface area contributed by atoms with E-state index in [1.165, 1.54) is 0 Å². The highest BCUT2D eigenvalue weighted by Crippen LogP contribution is 2.24. The van der Waals surface area contributed by atoms with E-state index in [0.717, 1.165) is 35.6 Å². The molecule has 1 fully saturated rings. The largest absolute Gasteiger partial charge is 0.352 e. The first-order valence-electron chi connectivity index (χ1n) is 10.4. The minimum Gasteiger partial charge on any atom is -0.352 e. The van der Waals surface area contributed by atoms with Crippen molar-refractivity contribution in [3.8, 4) is 0 Å². The maximum absolute atomic E-state index is 13.0. The molecule has 2 aromatic rings. The number of hydrogen-bond donors (Lipinski definition) is 2. The van der Waals surface area contributed by atoms with Crippen LogP contribution in [0.25, 0.3) is 10.8 Å². The van der Waals surface area contributed by atoms with Crippen LogP contribution in [0.3, 0.4) is 0 Å². The fraction of sp³-hybridized carbons (Fsp3) is 0.478. The molecule has 3 N–H and O–H groups in total. The van der Waals surface area contributed by atoms with Crippen LogP contribution in [-0.4, -0.2) is 42.4 Å². The molecule has 1 heterocycles. The summed E-state index contributed by atoms with van der Waals surface area (Å²) >= 11 is 0. The molecule has 150 valence electrons. The second-order valence-corrected chi connectivity index (χ2v) is 7.68. The van der Waals surface area contributed by atoms with Crippen molar-refractivity contribution in [2.45, 2.75) is 45.1 Å². The van der Waals surface area contributed by atoms with E-state index in [4.69, 9.17) is 5.73 Å². The summed E-state index contributed by atoms with van der Waals surface area (Å²) in [6, 6.07) is 13.9. The molecular weight excluding hydrogens is 350 g/mol. The number of carbonyl (C=O) groups is 2. The molecule has 2 aromatic carbocycles. The molecule has 0 saturated carbocycles. The smallest absolute Gasteiger partial charge is 0.254 e. The van der Waals surface area contributed by atoms with E-state index >= 15 is 0 Å². The van der Waals surface area contributed by atoms with Crippen LogP contribution >= 0.6 is 0 Å². The lowest BCUT2D eigenvalue weighted by molar-refractivity contribution is -0.127. The molecule has 0 aromatic heterocycles. The Kier molecular flexibility index (Phi) is 7.04. The second kappa shape index (κ2) is 9.69. The molecule has 1 aliphatic heterocycles. The van der Waals surface area contributed by atoms with E-state index in [1.807, 2.05) is 47.4 Å². The van der Waals surface area contributed by atoms with Gasteiger partial charge in [0.25, 0.3) is 5.91 Å². The average Bonchev–Trinajstić information content (AvgIpc) is 2.75. The third-order valence-electron chi connectivity index (χ3n) is 5.71. The Bertz CT molecular complexity index is 807. The van der Waals surface area contributed by atoms with Crippen molar-refractivity contribution in [1.29, 1.82) is 0 Å². The molecule has 1 atom stereocenters. The van der Waals surface area contributed by atoms with Gasteiger partial charge in [-0.05, 0) is 36.1 Å². The highest BCUT2D eigenvalue weighted by Gasteiger charge is 2.29. The third kappa shape index (κ3) is 4.71. The van der Waals surface area contributed by atoms with Gasteiger partial charge in [-0.15, -0.1) is 0 Å². The Morgan fingerprint density at radius 3 is 2.57 bits per heavy atom. The molecule has 28 heavy (non-hydrogen) atoms. The highest BCUT2D eigenvalue weighted by atomic mass is 16.2. The Morgan fingerprint density at radius 1 is 1.14 bits per heavy atom. The summed E-state index contributed by atoms with van der Waals surface area (Å²) in [5.41, 5.74) is 6.53. The summed E-state index contributed by atoms with van der Waals surface area (Å²) < 4.78 is 0. The van der Waals surface area contributed by atoms with Crippen molar-refractivity contribution in [2.75, 3.05) is 19.6 Å². The normalized spacial score (nSPS) is 16.1. The van der Waals surface area contributed by atoms with Crippen molar-refractivity contribution in [3.05, 3.63) is 48.0 Å². The van der Waals surface area contributed by atoms with Crippen LogP contribution in [0, 0.1) is 5.92 Å². The number of rotatable bonds is 7. The standard InChI is InChI=1S/C23H31N3O2/c1-2-3-9-19(16-24)25-22(27)18-12-14-26(15-13-18)23(28)21-11-6-8-17-7-4-5-10-20(17)21/h4-8,10-11,18-19H,2-3,9,12-16,24H2,1H3,(H,25,27). The van der Waals surface area contributed by atoms with Gasteiger partial charge in [0.15, 0.2) is 0 Å². The van der Waals surface area contributed by atoms with Gasteiger partial charge in [-0.2, -0.15) is 0 Å². The topological polar surface area (TPSA) is 75.4 Å². The van der Waals surface area contributed by atoms with Crippen LogP contribution in [0.4, 0.5) is 0 Å². The molecule has 1 unspecified atom stereocenters. The van der Waals surface area contributed by atoms with Crippen LogP contribution in [0.2, 0.25) is 0 Å². The van der Waals surface area contributed by atoms with Gasteiger partial charge in [-0.25, -0.2) is 0 Å². The van der Waals surface area contributed by atoms with Crippen LogP contribution < -0.4 is 11.1 Å². The summed E-state index contributed by atoms with van der Waals surface area (Å²) in [6.45, 7) is 3.84. The quantitative estimate of drug-likeness (QED) is 0.772. The predicted molar refractivity (Wildman–Crippen MR) is 113 cm³/mol. The highest BCUT2D eigenvalue weighted by molar-refractivity contribution is 6.07. The number of piperidine rings is 1. The first kappa shape index (κ1) is 20.3. The van der Waals surface area contributed by atoms with Gasteiger partial charge in [0.05, 0.1) is 0 Å². The molecule has 0 spiro atoms. The van der Waals surface area contributed by atoms with Crippen molar-refractivity contribution in [1.82, 2.24) is 10.2 Å². The number of likely N-dealkylation sites (tertiary alicyclic amines) is 1. The number of nitrogens with zero attached hydrogens (tertiary/aromatic N) is 1. The van der Waals surface area contributed by atoms with Gasteiger partial charge in [0, 0.05) is 37.2 Å². The molecule has 1 aliphatic rings. The summed E-state index contributed by atoms with van der Waals surface area (Å²) in [5.74, 6) is 0.106. The van der Waals surface area contributed by atoms with Crippen LogP contribution in [0.5, 0.6) is 0 Å². The number of hydrogen-bond acceptors (Lipinski definition) is 3. The van der Waals surface area contributed by atoms with Gasteiger partial charge in [-0.3, -0.25) is 9.59 Å². The first-order chi connectivity index (χ1) is 13.6. The molecule has 1 saturated heterocycles. The van der Waals surface area contributed by atoms with Gasteiger partial charge < -0.3 is 16.0 Å². The van der Waals surface area contributed by atoms with Crippen LogP contribution in [0.15, 0.2) is 42.5 Å². The lowest BCUT2D eigenvalue weighted by Gasteiger charge is -2.32. The molecule has 3 rings (SSSR count). The maximum atomic E-state index is 13.0. The van der Waals surface area contributed by atoms with Crippen molar-refractivity contribution < 1.29 is 9.59 Å². The number of nitrogens with two attached hydrogens (primary N) is 1. The maximum Gasteiger partial charge on any atom is 0.254 e. The lowest BCUT2D eigenvalue weighted by Crippen LogP contribution is -2.47. The van der Waals surface area contributed by atoms with Gasteiger partial charge in [-0.1, -0.05) is 56.2 Å². The number of carbonyl (C=O) groups excluding carboxylic acids is 2. The molecule has 0 radical (unpaired) electrons.